The van der Waals surface area contributed by atoms with Crippen LogP contribution in [-0.4, -0.2) is 34.1 Å². The summed E-state index contributed by atoms with van der Waals surface area (Å²) in [5.74, 6) is -1.54. The normalized spacial score (nSPS) is 28.5. The van der Waals surface area contributed by atoms with Gasteiger partial charge in [0.05, 0.1) is 16.8 Å². The largest absolute Gasteiger partial charge is 0.350 e. The molecule has 1 saturated carbocycles. The summed E-state index contributed by atoms with van der Waals surface area (Å²) in [5, 5.41) is 13.6. The van der Waals surface area contributed by atoms with E-state index in [1.54, 1.807) is 18.2 Å². The number of fused-ring (bicyclic) bond motifs is 5. The second-order valence-electron chi connectivity index (χ2n) is 6.93. The second-order valence-corrected chi connectivity index (χ2v) is 6.93. The lowest BCUT2D eigenvalue weighted by molar-refractivity contribution is -0.385. The molecule has 4 rings (SSSR count). The van der Waals surface area contributed by atoms with Crippen molar-refractivity contribution in [2.24, 2.45) is 23.7 Å². The Morgan fingerprint density at radius 3 is 2.38 bits per heavy atom. The van der Waals surface area contributed by atoms with E-state index in [9.17, 15) is 24.5 Å². The minimum atomic E-state index is -0.515. The molecule has 2 aliphatic carbocycles. The molecule has 1 heterocycles. The summed E-state index contributed by atoms with van der Waals surface area (Å²) in [6.45, 7) is -0.378. The van der Waals surface area contributed by atoms with E-state index in [1.807, 2.05) is 12.2 Å². The Hall–Kier alpha value is -3.03. The number of amides is 3. The molecule has 0 spiro atoms. The Morgan fingerprint density at radius 2 is 1.77 bits per heavy atom. The monoisotopic (exact) mass is 355 g/mol. The molecule has 1 N–H and O–H groups in total. The number of hydrogen-bond acceptors (Lipinski definition) is 5. The van der Waals surface area contributed by atoms with E-state index in [0.29, 0.717) is 5.56 Å². The first kappa shape index (κ1) is 16.4. The van der Waals surface area contributed by atoms with Crippen molar-refractivity contribution in [3.05, 3.63) is 52.1 Å². The minimum Gasteiger partial charge on any atom is -0.350 e. The number of nitro benzene ring substituents is 1. The van der Waals surface area contributed by atoms with E-state index < -0.39 is 10.8 Å². The van der Waals surface area contributed by atoms with Crippen LogP contribution < -0.4 is 5.32 Å². The van der Waals surface area contributed by atoms with Crippen molar-refractivity contribution < 1.29 is 19.3 Å². The van der Waals surface area contributed by atoms with Crippen molar-refractivity contribution >= 4 is 23.4 Å². The number of nitrogens with one attached hydrogen (secondary N) is 1. The molecule has 134 valence electrons. The highest BCUT2D eigenvalue weighted by Gasteiger charge is 2.59. The fraction of sp³-hybridized carbons (Fsp3) is 0.389. The molecule has 0 radical (unpaired) electrons. The number of carbonyl (C=O) groups is 3. The molecule has 1 aromatic carbocycles. The standard InChI is InChI=1S/C18H17N3O5/c22-14(19-8-12-3-1-2-4-13(12)21(25)26)9-20-17(23)15-10-5-6-11(7-10)16(15)18(20)24/h1-6,10-11,15-16H,7-9H2,(H,19,22)/t10-,11-,15-,16-/m0/s1. The van der Waals surface area contributed by atoms with Gasteiger partial charge in [-0.1, -0.05) is 30.4 Å². The van der Waals surface area contributed by atoms with Crippen LogP contribution in [0.3, 0.4) is 0 Å². The summed E-state index contributed by atoms with van der Waals surface area (Å²) >= 11 is 0. The maximum Gasteiger partial charge on any atom is 0.274 e. The van der Waals surface area contributed by atoms with Crippen LogP contribution in [0.15, 0.2) is 36.4 Å². The minimum absolute atomic E-state index is 0.0358. The van der Waals surface area contributed by atoms with E-state index >= 15 is 0 Å². The van der Waals surface area contributed by atoms with Crippen molar-refractivity contribution in [1.82, 2.24) is 10.2 Å². The fourth-order valence-corrected chi connectivity index (χ4v) is 4.35. The Kier molecular flexibility index (Phi) is 3.82. The van der Waals surface area contributed by atoms with Crippen molar-refractivity contribution in [2.75, 3.05) is 6.54 Å². The topological polar surface area (TPSA) is 110 Å². The van der Waals surface area contributed by atoms with E-state index in [-0.39, 0.29) is 54.3 Å². The number of allylic oxidation sites excluding steroid dienone is 2. The van der Waals surface area contributed by atoms with Gasteiger partial charge in [-0.3, -0.25) is 29.4 Å². The van der Waals surface area contributed by atoms with Gasteiger partial charge >= 0.3 is 0 Å². The van der Waals surface area contributed by atoms with Crippen LogP contribution >= 0.6 is 0 Å². The van der Waals surface area contributed by atoms with Crippen LogP contribution in [-0.2, 0) is 20.9 Å². The van der Waals surface area contributed by atoms with E-state index in [1.165, 1.54) is 6.07 Å². The van der Waals surface area contributed by atoms with Crippen LogP contribution in [0.4, 0.5) is 5.69 Å². The number of rotatable bonds is 5. The molecule has 8 nitrogen and oxygen atoms in total. The number of hydrogen-bond donors (Lipinski definition) is 1. The lowest BCUT2D eigenvalue weighted by atomic mass is 9.85. The second kappa shape index (κ2) is 6.05. The number of benzene rings is 1. The Bertz CT molecular complexity index is 819. The van der Waals surface area contributed by atoms with Gasteiger partial charge in [-0.25, -0.2) is 0 Å². The predicted molar refractivity (Wildman–Crippen MR) is 89.4 cm³/mol. The Labute approximate surface area is 149 Å². The van der Waals surface area contributed by atoms with Gasteiger partial charge in [0.1, 0.15) is 6.54 Å². The molecule has 4 atom stereocenters. The Balaban J connectivity index is 1.40. The zero-order valence-corrected chi connectivity index (χ0v) is 13.8. The smallest absolute Gasteiger partial charge is 0.274 e. The lowest BCUT2D eigenvalue weighted by Crippen LogP contribution is -2.41. The predicted octanol–water partition coefficient (Wildman–Crippen LogP) is 1.02. The first-order valence-corrected chi connectivity index (χ1v) is 8.50. The van der Waals surface area contributed by atoms with E-state index in [0.717, 1.165) is 11.3 Å². The van der Waals surface area contributed by atoms with Crippen LogP contribution in [0, 0.1) is 33.8 Å². The molecule has 0 unspecified atom stereocenters. The molecule has 0 aromatic heterocycles. The average Bonchev–Trinajstić information content (AvgIpc) is 3.30. The summed E-state index contributed by atoms with van der Waals surface area (Å²) in [4.78, 5) is 48.8. The van der Waals surface area contributed by atoms with Gasteiger partial charge in [-0.05, 0) is 18.3 Å². The van der Waals surface area contributed by atoms with Crippen molar-refractivity contribution in [3.63, 3.8) is 0 Å². The first-order chi connectivity index (χ1) is 12.5. The van der Waals surface area contributed by atoms with Gasteiger partial charge in [0.25, 0.3) is 5.69 Å². The number of likely N-dealkylation sites (tertiary alicyclic amines) is 1. The molecule has 26 heavy (non-hydrogen) atoms. The van der Waals surface area contributed by atoms with Crippen LogP contribution in [0.25, 0.3) is 0 Å². The van der Waals surface area contributed by atoms with Crippen molar-refractivity contribution in [3.8, 4) is 0 Å². The summed E-state index contributed by atoms with van der Waals surface area (Å²) < 4.78 is 0. The zero-order valence-electron chi connectivity index (χ0n) is 13.8. The third-order valence-corrected chi connectivity index (χ3v) is 5.53. The molecule has 1 aromatic rings. The Morgan fingerprint density at radius 1 is 1.15 bits per heavy atom. The average molecular weight is 355 g/mol. The van der Waals surface area contributed by atoms with Gasteiger partial charge in [-0.15, -0.1) is 0 Å². The number of carbonyl (C=O) groups excluding carboxylic acids is 3. The van der Waals surface area contributed by atoms with Gasteiger partial charge < -0.3 is 5.32 Å². The third kappa shape index (κ3) is 2.49. The molecular weight excluding hydrogens is 338 g/mol. The molecule has 2 bridgehead atoms. The van der Waals surface area contributed by atoms with Gasteiger partial charge in [0.15, 0.2) is 0 Å². The SMILES string of the molecule is O=C(CN1C(=O)[C@@H]2[C@@H](C1=O)[C@H]1C=C[C@H]2C1)NCc1ccccc1[N+](=O)[O-]. The first-order valence-electron chi connectivity index (χ1n) is 8.50. The highest BCUT2D eigenvalue weighted by Crippen LogP contribution is 2.52. The fourth-order valence-electron chi connectivity index (χ4n) is 4.35. The number of nitrogens with zero attached hydrogens (tertiary/aromatic N) is 2. The van der Waals surface area contributed by atoms with E-state index in [4.69, 9.17) is 0 Å². The summed E-state index contributed by atoms with van der Waals surface area (Å²) in [6.07, 6.45) is 4.83. The quantitative estimate of drug-likeness (QED) is 0.367. The number of imide groups is 1. The molecule has 3 amide bonds. The van der Waals surface area contributed by atoms with Crippen LogP contribution in [0.5, 0.6) is 0 Å². The molecule has 8 heteroatoms. The van der Waals surface area contributed by atoms with Crippen molar-refractivity contribution in [1.29, 1.82) is 0 Å². The summed E-state index contributed by atoms with van der Waals surface area (Å²) in [5.41, 5.74) is 0.280. The molecule has 1 saturated heterocycles. The molecular formula is C18H17N3O5. The van der Waals surface area contributed by atoms with Gasteiger partial charge in [-0.2, -0.15) is 0 Å². The summed E-state index contributed by atoms with van der Waals surface area (Å²) in [6, 6.07) is 6.11. The molecule has 2 fully saturated rings. The highest BCUT2D eigenvalue weighted by molar-refractivity contribution is 6.08. The van der Waals surface area contributed by atoms with Gasteiger partial charge in [0.2, 0.25) is 17.7 Å². The van der Waals surface area contributed by atoms with Crippen LogP contribution in [0.2, 0.25) is 0 Å². The number of para-hydroxylation sites is 1. The number of nitro groups is 1. The maximum absolute atomic E-state index is 12.5. The van der Waals surface area contributed by atoms with E-state index in [2.05, 4.69) is 5.32 Å². The third-order valence-electron chi connectivity index (χ3n) is 5.53. The highest BCUT2D eigenvalue weighted by atomic mass is 16.6. The molecule has 3 aliphatic rings. The zero-order chi connectivity index (χ0) is 18.4. The van der Waals surface area contributed by atoms with Gasteiger partial charge in [0, 0.05) is 18.2 Å². The molecule has 1 aliphatic heterocycles. The summed E-state index contributed by atoms with van der Waals surface area (Å²) in [7, 11) is 0. The van der Waals surface area contributed by atoms with Crippen LogP contribution in [0.1, 0.15) is 12.0 Å². The van der Waals surface area contributed by atoms with Crippen molar-refractivity contribution in [2.45, 2.75) is 13.0 Å². The lowest BCUT2D eigenvalue weighted by Gasteiger charge is -2.16. The maximum atomic E-state index is 12.5.